The summed E-state index contributed by atoms with van der Waals surface area (Å²) in [7, 11) is -1.27. The number of fused-ring (bicyclic) bond motifs is 1. The summed E-state index contributed by atoms with van der Waals surface area (Å²) >= 11 is 3.76. The highest BCUT2D eigenvalue weighted by atomic mass is 79.9. The third kappa shape index (κ3) is 8.59. The Kier molecular flexibility index (Phi) is 13.0. The summed E-state index contributed by atoms with van der Waals surface area (Å²) in [6.45, 7) is 12.6. The van der Waals surface area contributed by atoms with Gasteiger partial charge >= 0.3 is 5.97 Å². The lowest BCUT2D eigenvalue weighted by Crippen LogP contribution is -2.59. The molecule has 1 fully saturated rings. The molecule has 3 aliphatic rings. The summed E-state index contributed by atoms with van der Waals surface area (Å²) in [5, 5.41) is 0. The van der Waals surface area contributed by atoms with Crippen LogP contribution in [0.15, 0.2) is 51.5 Å². The van der Waals surface area contributed by atoms with Crippen LogP contribution < -0.4 is 0 Å². The first-order valence-corrected chi connectivity index (χ1v) is 20.8. The number of hydrogen-bond acceptors (Lipinski definition) is 7. The van der Waals surface area contributed by atoms with Crippen LogP contribution in [0.25, 0.3) is 0 Å². The van der Waals surface area contributed by atoms with Gasteiger partial charge in [0.05, 0.1) is 32.0 Å². The van der Waals surface area contributed by atoms with Gasteiger partial charge in [0.25, 0.3) is 0 Å². The van der Waals surface area contributed by atoms with Gasteiger partial charge in [-0.1, -0.05) is 65.9 Å². The SMILES string of the molecule is CCOC(=O)[C@]12CC[C@H](OCc3ccccc3)C[C@@H]1[C@@H](OCOCC[Si](C)(C)C)[C@@H](OCC1=C(Br)CCCC1)C(C)=C2C=O. The minimum absolute atomic E-state index is 0.0933. The second kappa shape index (κ2) is 16.3. The van der Waals surface area contributed by atoms with Crippen molar-refractivity contribution in [3.8, 4) is 0 Å². The zero-order valence-corrected chi connectivity index (χ0v) is 29.8. The van der Waals surface area contributed by atoms with Gasteiger partial charge in [-0.3, -0.25) is 9.59 Å². The lowest BCUT2D eigenvalue weighted by Gasteiger charge is -2.53. The van der Waals surface area contributed by atoms with E-state index in [4.69, 9.17) is 23.7 Å². The first-order chi connectivity index (χ1) is 21.1. The fourth-order valence-electron chi connectivity index (χ4n) is 6.91. The van der Waals surface area contributed by atoms with Crippen LogP contribution in [-0.2, 0) is 39.9 Å². The van der Waals surface area contributed by atoms with Crippen LogP contribution in [0.4, 0.5) is 0 Å². The van der Waals surface area contributed by atoms with E-state index in [2.05, 4.69) is 47.7 Å². The quantitative estimate of drug-likeness (QED) is 0.0612. The molecule has 0 aliphatic heterocycles. The molecule has 1 aromatic carbocycles. The lowest BCUT2D eigenvalue weighted by molar-refractivity contribution is -0.197. The maximum atomic E-state index is 13.9. The summed E-state index contributed by atoms with van der Waals surface area (Å²) in [4.78, 5) is 26.9. The normalized spacial score (nSPS) is 27.7. The minimum atomic E-state index is -1.27. The Morgan fingerprint density at radius 1 is 1.07 bits per heavy atom. The second-order valence-corrected chi connectivity index (χ2v) is 20.2. The first kappa shape index (κ1) is 35.2. The van der Waals surface area contributed by atoms with Crippen LogP contribution in [0.2, 0.25) is 25.7 Å². The highest BCUT2D eigenvalue weighted by Crippen LogP contribution is 2.55. The maximum Gasteiger partial charge on any atom is 0.317 e. The molecule has 7 nitrogen and oxygen atoms in total. The van der Waals surface area contributed by atoms with Crippen LogP contribution in [0.3, 0.4) is 0 Å². The van der Waals surface area contributed by atoms with Gasteiger partial charge in [-0.15, -0.1) is 0 Å². The van der Waals surface area contributed by atoms with E-state index in [0.29, 0.717) is 44.7 Å². The smallest absolute Gasteiger partial charge is 0.317 e. The van der Waals surface area contributed by atoms with Crippen molar-refractivity contribution >= 4 is 36.3 Å². The molecule has 44 heavy (non-hydrogen) atoms. The Morgan fingerprint density at radius 2 is 1.82 bits per heavy atom. The van der Waals surface area contributed by atoms with E-state index in [1.54, 1.807) is 6.92 Å². The summed E-state index contributed by atoms with van der Waals surface area (Å²) in [6, 6.07) is 11.1. The topological polar surface area (TPSA) is 80.3 Å². The van der Waals surface area contributed by atoms with Gasteiger partial charge in [0.1, 0.15) is 24.6 Å². The van der Waals surface area contributed by atoms with Crippen LogP contribution in [0, 0.1) is 11.3 Å². The number of benzene rings is 1. The Balaban J connectivity index is 1.66. The van der Waals surface area contributed by atoms with E-state index in [1.807, 2.05) is 25.1 Å². The van der Waals surface area contributed by atoms with Crippen LogP contribution >= 0.6 is 15.9 Å². The molecule has 244 valence electrons. The number of esters is 1. The summed E-state index contributed by atoms with van der Waals surface area (Å²) in [5.74, 6) is -0.744. The molecule has 0 spiro atoms. The molecule has 0 bridgehead atoms. The van der Waals surface area contributed by atoms with Gasteiger partial charge in [0.15, 0.2) is 0 Å². The molecule has 1 aromatic rings. The van der Waals surface area contributed by atoms with Crippen molar-refractivity contribution in [1.29, 1.82) is 0 Å². The van der Waals surface area contributed by atoms with Gasteiger partial charge in [0, 0.05) is 26.2 Å². The fraction of sp³-hybridized carbons (Fsp3) is 0.657. The van der Waals surface area contributed by atoms with Crippen molar-refractivity contribution in [3.05, 3.63) is 57.1 Å². The highest BCUT2D eigenvalue weighted by molar-refractivity contribution is 9.11. The molecular formula is C35H51BrO7Si. The van der Waals surface area contributed by atoms with E-state index in [9.17, 15) is 9.59 Å². The van der Waals surface area contributed by atoms with Gasteiger partial charge in [-0.05, 0) is 86.0 Å². The average Bonchev–Trinajstić information content (AvgIpc) is 3.00. The molecule has 0 heterocycles. The number of aldehydes is 1. The standard InChI is InChI=1S/C35H51BrO7Si/c1-6-40-34(38)35-17-16-28(41-22-26-12-8-7-9-13-26)20-29(35)33(43-24-39-18-19-44(3,4)5)32(25(2)30(35)21-37)42-23-27-14-10-11-15-31(27)36/h7-9,12-13,21,28-29,32-33H,6,10-11,14-20,22-24H2,1-5H3/t28-,29+,32-,33+,35+/m0/s1. The molecule has 9 heteroatoms. The number of ether oxygens (including phenoxy) is 5. The van der Waals surface area contributed by atoms with Crippen molar-refractivity contribution in [2.24, 2.45) is 11.3 Å². The van der Waals surface area contributed by atoms with Crippen LogP contribution in [0.5, 0.6) is 0 Å². The van der Waals surface area contributed by atoms with Crippen molar-refractivity contribution < 1.29 is 33.3 Å². The monoisotopic (exact) mass is 690 g/mol. The fourth-order valence-corrected chi connectivity index (χ4v) is 8.26. The van der Waals surface area contributed by atoms with Crippen molar-refractivity contribution in [2.75, 3.05) is 26.6 Å². The molecular weight excluding hydrogens is 640 g/mol. The number of allylic oxidation sites excluding steroid dienone is 1. The minimum Gasteiger partial charge on any atom is -0.465 e. The molecule has 0 saturated heterocycles. The van der Waals surface area contributed by atoms with Crippen molar-refractivity contribution in [1.82, 2.24) is 0 Å². The summed E-state index contributed by atoms with van der Waals surface area (Å²) in [5.41, 5.74) is 2.44. The number of carbonyl (C=O) groups excluding carboxylic acids is 2. The molecule has 0 unspecified atom stereocenters. The van der Waals surface area contributed by atoms with E-state index < -0.39 is 25.7 Å². The second-order valence-electron chi connectivity index (χ2n) is 13.6. The van der Waals surface area contributed by atoms with Crippen LogP contribution in [0.1, 0.15) is 64.4 Å². The number of halogens is 1. The van der Waals surface area contributed by atoms with E-state index in [1.165, 1.54) is 10.1 Å². The van der Waals surface area contributed by atoms with Gasteiger partial charge in [-0.25, -0.2) is 0 Å². The zero-order chi connectivity index (χ0) is 31.7. The summed E-state index contributed by atoms with van der Waals surface area (Å²) < 4.78 is 32.7. The number of carbonyl (C=O) groups is 2. The molecule has 5 atom stereocenters. The largest absolute Gasteiger partial charge is 0.465 e. The Hall–Kier alpha value is -1.62. The van der Waals surface area contributed by atoms with E-state index >= 15 is 0 Å². The predicted molar refractivity (Wildman–Crippen MR) is 178 cm³/mol. The summed E-state index contributed by atoms with van der Waals surface area (Å²) in [6.07, 6.45) is 5.64. The molecule has 4 rings (SSSR count). The number of hydrogen-bond donors (Lipinski definition) is 0. The van der Waals surface area contributed by atoms with Gasteiger partial charge in [0.2, 0.25) is 0 Å². The Bertz CT molecular complexity index is 1180. The van der Waals surface area contributed by atoms with Crippen molar-refractivity contribution in [2.45, 2.75) is 109 Å². The molecule has 0 aromatic heterocycles. The molecule has 0 radical (unpaired) electrons. The van der Waals surface area contributed by atoms with Crippen molar-refractivity contribution in [3.63, 3.8) is 0 Å². The van der Waals surface area contributed by atoms with E-state index in [0.717, 1.165) is 49.2 Å². The average molecular weight is 692 g/mol. The lowest BCUT2D eigenvalue weighted by atomic mass is 9.55. The molecule has 3 aliphatic carbocycles. The Labute approximate surface area is 273 Å². The van der Waals surface area contributed by atoms with Gasteiger partial charge in [-0.2, -0.15) is 0 Å². The van der Waals surface area contributed by atoms with Crippen LogP contribution in [-0.4, -0.2) is 65.3 Å². The highest BCUT2D eigenvalue weighted by Gasteiger charge is 2.61. The zero-order valence-electron chi connectivity index (χ0n) is 27.2. The third-order valence-electron chi connectivity index (χ3n) is 9.41. The predicted octanol–water partition coefficient (Wildman–Crippen LogP) is 7.76. The Morgan fingerprint density at radius 3 is 2.50 bits per heavy atom. The molecule has 0 N–H and O–H groups in total. The number of rotatable bonds is 15. The molecule has 0 amide bonds. The third-order valence-corrected chi connectivity index (χ3v) is 12.1. The molecule has 1 saturated carbocycles. The van der Waals surface area contributed by atoms with E-state index in [-0.39, 0.29) is 31.4 Å². The first-order valence-electron chi connectivity index (χ1n) is 16.3. The van der Waals surface area contributed by atoms with Gasteiger partial charge < -0.3 is 23.7 Å². The maximum absolute atomic E-state index is 13.9.